The van der Waals surface area contributed by atoms with Crippen molar-refractivity contribution in [1.82, 2.24) is 10.2 Å². The van der Waals surface area contributed by atoms with Gasteiger partial charge in [-0.2, -0.15) is 13.2 Å². The van der Waals surface area contributed by atoms with Crippen LogP contribution in [0.15, 0.2) is 58.9 Å². The Labute approximate surface area is 184 Å². The van der Waals surface area contributed by atoms with E-state index >= 15 is 0 Å². The maximum Gasteiger partial charge on any atom is 0.416 e. The van der Waals surface area contributed by atoms with Gasteiger partial charge in [-0.3, -0.25) is 9.59 Å². The number of aryl methyl sites for hydroxylation is 1. The number of hydrogen-bond acceptors (Lipinski definition) is 6. The summed E-state index contributed by atoms with van der Waals surface area (Å²) in [5.74, 6) is -0.581. The van der Waals surface area contributed by atoms with Crippen LogP contribution in [0.2, 0.25) is 0 Å². The standard InChI is InChI=1S/C20H17F3N4O2S2/c21-20(22,23)14-7-9-15(10-8-14)24-17(29)12-30-19-27-26-18(31-19)25-16(28)11-6-13-4-2-1-3-5-13/h1-5,7-10H,6,11-12H2,(H,24,29)(H,25,26,28). The van der Waals surface area contributed by atoms with Crippen molar-refractivity contribution in [2.24, 2.45) is 0 Å². The summed E-state index contributed by atoms with van der Waals surface area (Å²) in [5.41, 5.74) is 0.541. The Morgan fingerprint density at radius 3 is 2.32 bits per heavy atom. The Hall–Kier alpha value is -2.92. The first-order valence-corrected chi connectivity index (χ1v) is 10.9. The van der Waals surface area contributed by atoms with E-state index in [0.29, 0.717) is 22.3 Å². The van der Waals surface area contributed by atoms with Gasteiger partial charge in [0, 0.05) is 12.1 Å². The first kappa shape index (κ1) is 22.8. The number of nitrogens with one attached hydrogen (secondary N) is 2. The molecule has 11 heteroatoms. The smallest absolute Gasteiger partial charge is 0.325 e. The minimum atomic E-state index is -4.43. The molecule has 0 aliphatic carbocycles. The number of aromatic nitrogens is 2. The summed E-state index contributed by atoms with van der Waals surface area (Å²) in [7, 11) is 0. The van der Waals surface area contributed by atoms with Crippen LogP contribution < -0.4 is 10.6 Å². The van der Waals surface area contributed by atoms with E-state index in [-0.39, 0.29) is 17.3 Å². The van der Waals surface area contributed by atoms with Crippen molar-refractivity contribution in [3.8, 4) is 0 Å². The molecule has 2 amide bonds. The highest BCUT2D eigenvalue weighted by Crippen LogP contribution is 2.30. The molecule has 2 N–H and O–H groups in total. The number of rotatable bonds is 8. The molecule has 2 aromatic carbocycles. The van der Waals surface area contributed by atoms with Crippen LogP contribution in [0.1, 0.15) is 17.5 Å². The summed E-state index contributed by atoms with van der Waals surface area (Å²) >= 11 is 2.25. The Morgan fingerprint density at radius 2 is 1.65 bits per heavy atom. The van der Waals surface area contributed by atoms with Gasteiger partial charge in [-0.1, -0.05) is 53.4 Å². The lowest BCUT2D eigenvalue weighted by Crippen LogP contribution is -2.14. The fraction of sp³-hybridized carbons (Fsp3) is 0.200. The van der Waals surface area contributed by atoms with Crippen LogP contribution in [0.25, 0.3) is 0 Å². The third kappa shape index (κ3) is 7.37. The highest BCUT2D eigenvalue weighted by atomic mass is 32.2. The van der Waals surface area contributed by atoms with Gasteiger partial charge in [-0.05, 0) is 36.2 Å². The number of amides is 2. The van der Waals surface area contributed by atoms with E-state index in [1.165, 1.54) is 12.1 Å². The molecule has 0 saturated carbocycles. The predicted octanol–water partition coefficient (Wildman–Crippen LogP) is 4.86. The zero-order valence-corrected chi connectivity index (χ0v) is 17.6. The largest absolute Gasteiger partial charge is 0.416 e. The normalized spacial score (nSPS) is 11.2. The molecule has 0 radical (unpaired) electrons. The highest BCUT2D eigenvalue weighted by molar-refractivity contribution is 8.01. The fourth-order valence-electron chi connectivity index (χ4n) is 2.47. The number of hydrogen-bond donors (Lipinski definition) is 2. The summed E-state index contributed by atoms with van der Waals surface area (Å²) < 4.78 is 38.2. The van der Waals surface area contributed by atoms with Gasteiger partial charge >= 0.3 is 6.18 Å². The van der Waals surface area contributed by atoms with E-state index in [9.17, 15) is 22.8 Å². The van der Waals surface area contributed by atoms with Crippen LogP contribution >= 0.6 is 23.1 Å². The monoisotopic (exact) mass is 466 g/mol. The molecule has 1 heterocycles. The van der Waals surface area contributed by atoms with Gasteiger partial charge in [-0.15, -0.1) is 10.2 Å². The van der Waals surface area contributed by atoms with Gasteiger partial charge in [0.1, 0.15) is 0 Å². The molecule has 0 spiro atoms. The number of nitrogens with zero attached hydrogens (tertiary/aromatic N) is 2. The Morgan fingerprint density at radius 1 is 0.935 bits per heavy atom. The second-order valence-electron chi connectivity index (χ2n) is 6.32. The topological polar surface area (TPSA) is 84.0 Å². The molecule has 162 valence electrons. The number of carbonyl (C=O) groups excluding carboxylic acids is 2. The minimum absolute atomic E-state index is 0.00237. The fourth-order valence-corrected chi connectivity index (χ4v) is 4.04. The average molecular weight is 467 g/mol. The SMILES string of the molecule is O=C(CSc1nnc(NC(=O)CCc2ccccc2)s1)Nc1ccc(C(F)(F)F)cc1. The molecule has 3 rings (SSSR count). The van der Waals surface area contributed by atoms with E-state index in [0.717, 1.165) is 40.8 Å². The van der Waals surface area contributed by atoms with E-state index in [2.05, 4.69) is 20.8 Å². The van der Waals surface area contributed by atoms with E-state index in [4.69, 9.17) is 0 Å². The number of alkyl halides is 3. The molecule has 6 nitrogen and oxygen atoms in total. The number of halogens is 3. The van der Waals surface area contributed by atoms with Crippen molar-refractivity contribution in [2.45, 2.75) is 23.4 Å². The molecule has 0 aliphatic heterocycles. The summed E-state index contributed by atoms with van der Waals surface area (Å²) in [6.45, 7) is 0. The summed E-state index contributed by atoms with van der Waals surface area (Å²) in [6, 6.07) is 13.8. The molecule has 0 saturated heterocycles. The lowest BCUT2D eigenvalue weighted by atomic mass is 10.1. The van der Waals surface area contributed by atoms with Crippen LogP contribution in [-0.2, 0) is 22.2 Å². The summed E-state index contributed by atoms with van der Waals surface area (Å²) in [4.78, 5) is 24.0. The summed E-state index contributed by atoms with van der Waals surface area (Å²) in [6.07, 6.45) is -3.51. The van der Waals surface area contributed by atoms with Gasteiger partial charge in [0.2, 0.25) is 16.9 Å². The van der Waals surface area contributed by atoms with Gasteiger partial charge in [0.05, 0.1) is 11.3 Å². The van der Waals surface area contributed by atoms with Crippen LogP contribution in [0.4, 0.5) is 24.0 Å². The molecule has 0 fully saturated rings. The van der Waals surface area contributed by atoms with Crippen molar-refractivity contribution in [2.75, 3.05) is 16.4 Å². The zero-order valence-electron chi connectivity index (χ0n) is 16.0. The molecule has 3 aromatic rings. The predicted molar refractivity (Wildman–Crippen MR) is 114 cm³/mol. The third-order valence-electron chi connectivity index (χ3n) is 3.96. The summed E-state index contributed by atoms with van der Waals surface area (Å²) in [5, 5.41) is 13.3. The molecule has 0 bridgehead atoms. The van der Waals surface area contributed by atoms with Gasteiger partial charge in [0.25, 0.3) is 0 Å². The second kappa shape index (κ2) is 10.4. The van der Waals surface area contributed by atoms with Gasteiger partial charge < -0.3 is 10.6 Å². The first-order chi connectivity index (χ1) is 14.8. The molecule has 0 aliphatic rings. The van der Waals surface area contributed by atoms with Crippen LogP contribution in [0.3, 0.4) is 0 Å². The lowest BCUT2D eigenvalue weighted by molar-refractivity contribution is -0.137. The molecule has 31 heavy (non-hydrogen) atoms. The van der Waals surface area contributed by atoms with Crippen molar-refractivity contribution in [3.05, 3.63) is 65.7 Å². The van der Waals surface area contributed by atoms with Gasteiger partial charge in [0.15, 0.2) is 4.34 Å². The Bertz CT molecular complexity index is 1020. The number of carbonyl (C=O) groups is 2. The Balaban J connectivity index is 1.42. The molecular weight excluding hydrogens is 449 g/mol. The van der Waals surface area contributed by atoms with Gasteiger partial charge in [-0.25, -0.2) is 0 Å². The highest BCUT2D eigenvalue weighted by Gasteiger charge is 2.30. The number of thioether (sulfide) groups is 1. The lowest BCUT2D eigenvalue weighted by Gasteiger charge is -2.08. The molecule has 0 atom stereocenters. The van der Waals surface area contributed by atoms with E-state index in [1.54, 1.807) is 0 Å². The number of benzene rings is 2. The van der Waals surface area contributed by atoms with Crippen molar-refractivity contribution < 1.29 is 22.8 Å². The zero-order chi connectivity index (χ0) is 22.3. The van der Waals surface area contributed by atoms with Crippen molar-refractivity contribution >= 4 is 45.7 Å². The molecular formula is C20H17F3N4O2S2. The maximum absolute atomic E-state index is 12.6. The second-order valence-corrected chi connectivity index (χ2v) is 8.52. The van der Waals surface area contributed by atoms with E-state index < -0.39 is 17.6 Å². The third-order valence-corrected chi connectivity index (χ3v) is 5.93. The quantitative estimate of drug-likeness (QED) is 0.366. The van der Waals surface area contributed by atoms with Crippen LogP contribution in [0.5, 0.6) is 0 Å². The van der Waals surface area contributed by atoms with Crippen LogP contribution in [0, 0.1) is 0 Å². The maximum atomic E-state index is 12.6. The number of anilines is 2. The molecule has 0 unspecified atom stereocenters. The van der Waals surface area contributed by atoms with Crippen molar-refractivity contribution in [3.63, 3.8) is 0 Å². The molecule has 1 aromatic heterocycles. The van der Waals surface area contributed by atoms with Crippen LogP contribution in [-0.4, -0.2) is 27.8 Å². The van der Waals surface area contributed by atoms with Crippen molar-refractivity contribution in [1.29, 1.82) is 0 Å². The minimum Gasteiger partial charge on any atom is -0.325 e. The van der Waals surface area contributed by atoms with E-state index in [1.807, 2.05) is 30.3 Å². The Kier molecular flexibility index (Phi) is 7.64. The first-order valence-electron chi connectivity index (χ1n) is 9.07. The average Bonchev–Trinajstić information content (AvgIpc) is 3.18.